The third-order valence-corrected chi connectivity index (χ3v) is 3.42. The Morgan fingerprint density at radius 2 is 1.67 bits per heavy atom. The molecular weight excluding hydrogens is 263 g/mol. The van der Waals surface area contributed by atoms with Gasteiger partial charge in [-0.2, -0.15) is 0 Å². The van der Waals surface area contributed by atoms with Crippen LogP contribution in [-0.4, -0.2) is 23.5 Å². The van der Waals surface area contributed by atoms with Gasteiger partial charge in [-0.25, -0.2) is 0 Å². The lowest BCUT2D eigenvalue weighted by molar-refractivity contribution is 0.112. The van der Waals surface area contributed by atoms with Gasteiger partial charge in [-0.1, -0.05) is 50.2 Å². The van der Waals surface area contributed by atoms with E-state index < -0.39 is 7.12 Å². The minimum atomic E-state index is -1.63. The highest BCUT2D eigenvalue weighted by Gasteiger charge is 2.16. The lowest BCUT2D eigenvalue weighted by Gasteiger charge is -2.09. The summed E-state index contributed by atoms with van der Waals surface area (Å²) in [5, 5.41) is 18.4. The number of hydrogen-bond acceptors (Lipinski definition) is 3. The highest BCUT2D eigenvalue weighted by molar-refractivity contribution is 6.60. The van der Waals surface area contributed by atoms with E-state index in [-0.39, 0.29) is 5.46 Å². The molecule has 0 aliphatic carbocycles. The first-order valence-electron chi connectivity index (χ1n) is 7.06. The molecule has 0 saturated carbocycles. The molecule has 2 N–H and O–H groups in total. The van der Waals surface area contributed by atoms with E-state index in [1.165, 1.54) is 5.56 Å². The Kier molecular flexibility index (Phi) is 4.94. The maximum atomic E-state index is 11.1. The molecule has 0 spiro atoms. The van der Waals surface area contributed by atoms with Crippen LogP contribution in [0.3, 0.4) is 0 Å². The van der Waals surface area contributed by atoms with Gasteiger partial charge < -0.3 is 10.0 Å². The Labute approximate surface area is 125 Å². The molecule has 0 heterocycles. The Morgan fingerprint density at radius 3 is 2.19 bits per heavy atom. The summed E-state index contributed by atoms with van der Waals surface area (Å²) in [6.45, 7) is 4.37. The first-order valence-corrected chi connectivity index (χ1v) is 7.06. The summed E-state index contributed by atoms with van der Waals surface area (Å²) in [6.07, 6.45) is 1.68. The largest absolute Gasteiger partial charge is 0.489 e. The van der Waals surface area contributed by atoms with Crippen molar-refractivity contribution in [2.24, 2.45) is 5.92 Å². The van der Waals surface area contributed by atoms with Gasteiger partial charge in [0.05, 0.1) is 0 Å². The van der Waals surface area contributed by atoms with E-state index in [2.05, 4.69) is 26.0 Å². The predicted molar refractivity (Wildman–Crippen MR) is 85.6 cm³/mol. The van der Waals surface area contributed by atoms with E-state index in [0.717, 1.165) is 17.5 Å². The molecule has 0 unspecified atom stereocenters. The minimum absolute atomic E-state index is 0.227. The van der Waals surface area contributed by atoms with Crippen LogP contribution in [0.4, 0.5) is 0 Å². The van der Waals surface area contributed by atoms with Crippen LogP contribution >= 0.6 is 0 Å². The lowest BCUT2D eigenvalue weighted by atomic mass is 9.76. The fourth-order valence-corrected chi connectivity index (χ4v) is 2.40. The molecule has 2 aromatic carbocycles. The zero-order valence-electron chi connectivity index (χ0n) is 12.3. The average molecular weight is 282 g/mol. The Hall–Kier alpha value is -1.91. The van der Waals surface area contributed by atoms with Crippen LogP contribution < -0.4 is 5.46 Å². The molecule has 3 nitrogen and oxygen atoms in total. The maximum absolute atomic E-state index is 11.1. The average Bonchev–Trinajstić information content (AvgIpc) is 2.46. The monoisotopic (exact) mass is 282 g/mol. The highest BCUT2D eigenvalue weighted by Crippen LogP contribution is 2.21. The molecule has 0 aliphatic heterocycles. The molecule has 4 heteroatoms. The van der Waals surface area contributed by atoms with Gasteiger partial charge in [0.25, 0.3) is 0 Å². The summed E-state index contributed by atoms with van der Waals surface area (Å²) in [5.41, 5.74) is 3.70. The lowest BCUT2D eigenvalue weighted by Crippen LogP contribution is -2.32. The summed E-state index contributed by atoms with van der Waals surface area (Å²) in [6, 6.07) is 13.3. The third kappa shape index (κ3) is 3.81. The van der Waals surface area contributed by atoms with Crippen molar-refractivity contribution in [2.75, 3.05) is 0 Å². The van der Waals surface area contributed by atoms with Crippen molar-refractivity contribution in [1.82, 2.24) is 0 Å². The van der Waals surface area contributed by atoms with E-state index in [1.54, 1.807) is 18.2 Å². The Bertz CT molecular complexity index is 618. The fraction of sp³-hybridized carbons (Fsp3) is 0.235. The molecule has 0 amide bonds. The second-order valence-corrected chi connectivity index (χ2v) is 5.63. The topological polar surface area (TPSA) is 57.5 Å². The van der Waals surface area contributed by atoms with E-state index in [9.17, 15) is 14.8 Å². The minimum Gasteiger partial charge on any atom is -0.423 e. The number of rotatable bonds is 5. The summed E-state index contributed by atoms with van der Waals surface area (Å²) in [7, 11) is -1.63. The third-order valence-electron chi connectivity index (χ3n) is 3.42. The van der Waals surface area contributed by atoms with Gasteiger partial charge in [-0.05, 0) is 40.6 Å². The van der Waals surface area contributed by atoms with E-state index in [1.807, 2.05) is 12.1 Å². The standard InChI is InChI=1S/C17H19BO3/c1-12(2)9-13-3-5-14(6-4-13)15-7-8-17(18(20)21)16(10-15)11-19/h3-8,10-12,20-21H,9H2,1-2H3. The van der Waals surface area contributed by atoms with Crippen LogP contribution in [0.1, 0.15) is 29.8 Å². The quantitative estimate of drug-likeness (QED) is 0.652. The molecule has 0 bridgehead atoms. The Balaban J connectivity index is 2.31. The van der Waals surface area contributed by atoms with Crippen molar-refractivity contribution < 1.29 is 14.8 Å². The summed E-state index contributed by atoms with van der Waals surface area (Å²) in [4.78, 5) is 11.1. The Morgan fingerprint density at radius 1 is 1.05 bits per heavy atom. The molecule has 2 aromatic rings. The molecule has 0 aromatic heterocycles. The van der Waals surface area contributed by atoms with Gasteiger partial charge in [0.15, 0.2) is 0 Å². The van der Waals surface area contributed by atoms with Crippen LogP contribution in [0.5, 0.6) is 0 Å². The molecule has 0 aliphatic rings. The normalized spacial score (nSPS) is 10.7. The van der Waals surface area contributed by atoms with E-state index >= 15 is 0 Å². The van der Waals surface area contributed by atoms with Crippen molar-refractivity contribution in [2.45, 2.75) is 20.3 Å². The van der Waals surface area contributed by atoms with Gasteiger partial charge in [0.1, 0.15) is 6.29 Å². The SMILES string of the molecule is CC(C)Cc1ccc(-c2ccc(B(O)O)c(C=O)c2)cc1. The molecule has 0 saturated heterocycles. The van der Waals surface area contributed by atoms with E-state index in [4.69, 9.17) is 0 Å². The van der Waals surface area contributed by atoms with E-state index in [0.29, 0.717) is 17.8 Å². The molecule has 0 atom stereocenters. The first kappa shape index (κ1) is 15.5. The van der Waals surface area contributed by atoms with Crippen LogP contribution in [0.25, 0.3) is 11.1 Å². The second kappa shape index (κ2) is 6.70. The number of hydrogen-bond donors (Lipinski definition) is 2. The van der Waals surface area contributed by atoms with Crippen molar-refractivity contribution >= 4 is 18.9 Å². The maximum Gasteiger partial charge on any atom is 0.489 e. The molecule has 0 fully saturated rings. The van der Waals surface area contributed by atoms with Gasteiger partial charge in [0, 0.05) is 5.56 Å². The molecule has 21 heavy (non-hydrogen) atoms. The van der Waals surface area contributed by atoms with Crippen LogP contribution in [-0.2, 0) is 6.42 Å². The first-order chi connectivity index (χ1) is 10.0. The number of aldehydes is 1. The zero-order chi connectivity index (χ0) is 15.4. The zero-order valence-corrected chi connectivity index (χ0v) is 12.3. The smallest absolute Gasteiger partial charge is 0.423 e. The van der Waals surface area contributed by atoms with Crippen molar-refractivity contribution in [3.63, 3.8) is 0 Å². The molecular formula is C17H19BO3. The summed E-state index contributed by atoms with van der Waals surface area (Å²) in [5.74, 6) is 0.614. The molecule has 108 valence electrons. The number of carbonyl (C=O) groups is 1. The number of carbonyl (C=O) groups excluding carboxylic acids is 1. The second-order valence-electron chi connectivity index (χ2n) is 5.63. The van der Waals surface area contributed by atoms with Crippen LogP contribution in [0.2, 0.25) is 0 Å². The van der Waals surface area contributed by atoms with Gasteiger partial charge in [-0.3, -0.25) is 4.79 Å². The van der Waals surface area contributed by atoms with Gasteiger partial charge in [-0.15, -0.1) is 0 Å². The van der Waals surface area contributed by atoms with Gasteiger partial charge >= 0.3 is 7.12 Å². The van der Waals surface area contributed by atoms with Crippen molar-refractivity contribution in [1.29, 1.82) is 0 Å². The van der Waals surface area contributed by atoms with Crippen LogP contribution in [0, 0.1) is 5.92 Å². The molecule has 0 radical (unpaired) electrons. The van der Waals surface area contributed by atoms with Crippen molar-refractivity contribution in [3.05, 3.63) is 53.6 Å². The summed E-state index contributed by atoms with van der Waals surface area (Å²) < 4.78 is 0. The van der Waals surface area contributed by atoms with Gasteiger partial charge in [0.2, 0.25) is 0 Å². The predicted octanol–water partition coefficient (Wildman–Crippen LogP) is 2.04. The molecule has 2 rings (SSSR count). The van der Waals surface area contributed by atoms with Crippen molar-refractivity contribution in [3.8, 4) is 11.1 Å². The highest BCUT2D eigenvalue weighted by atomic mass is 16.4. The van der Waals surface area contributed by atoms with Crippen LogP contribution in [0.15, 0.2) is 42.5 Å². The summed E-state index contributed by atoms with van der Waals surface area (Å²) >= 11 is 0. The fourth-order valence-electron chi connectivity index (χ4n) is 2.40. The number of benzene rings is 2.